The Kier molecular flexibility index (Phi) is 3.84. The van der Waals surface area contributed by atoms with E-state index < -0.39 is 0 Å². The molecule has 0 saturated heterocycles. The van der Waals surface area contributed by atoms with Crippen LogP contribution in [0.25, 0.3) is 10.9 Å². The van der Waals surface area contributed by atoms with Crippen molar-refractivity contribution in [1.29, 1.82) is 0 Å². The number of hydrogen-bond acceptors (Lipinski definition) is 3. The van der Waals surface area contributed by atoms with E-state index in [1.807, 2.05) is 23.6 Å². The number of rotatable bonds is 3. The Morgan fingerprint density at radius 2 is 2.14 bits per heavy atom. The van der Waals surface area contributed by atoms with Gasteiger partial charge in [0.2, 0.25) is 0 Å². The van der Waals surface area contributed by atoms with Crippen molar-refractivity contribution in [2.75, 3.05) is 0 Å². The molecule has 0 aliphatic rings. The molecule has 3 aromatic rings. The number of carbonyl (C=O) groups excluding carboxylic acids is 1. The number of carbonyl (C=O) groups is 1. The van der Waals surface area contributed by atoms with E-state index in [1.165, 1.54) is 16.7 Å². The minimum atomic E-state index is -0.242. The lowest BCUT2D eigenvalue weighted by Crippen LogP contribution is -2.30. The summed E-state index contributed by atoms with van der Waals surface area (Å²) >= 11 is 5.05. The van der Waals surface area contributed by atoms with Crippen molar-refractivity contribution in [3.63, 3.8) is 0 Å². The molecule has 2 aromatic heterocycles. The fourth-order valence-electron chi connectivity index (χ4n) is 2.49. The second-order valence-electron chi connectivity index (χ2n) is 4.75. The van der Waals surface area contributed by atoms with Gasteiger partial charge in [0, 0.05) is 27.6 Å². The molecule has 6 heteroatoms. The standard InChI is InChI=1S/C15H14BrN3OS/c1-9-13(16)11-4-2-3-5-12(11)19(9)8-10-6-7-21-14(10)15(20)18-17/h2-7H,8,17H2,1H3,(H,18,20). The molecule has 0 atom stereocenters. The molecule has 108 valence electrons. The maximum absolute atomic E-state index is 11.8. The van der Waals surface area contributed by atoms with Crippen LogP contribution in [0.3, 0.4) is 0 Å². The molecule has 0 spiro atoms. The van der Waals surface area contributed by atoms with Gasteiger partial charge in [-0.15, -0.1) is 11.3 Å². The smallest absolute Gasteiger partial charge is 0.275 e. The molecular weight excluding hydrogens is 350 g/mol. The van der Waals surface area contributed by atoms with Gasteiger partial charge in [0.05, 0.1) is 4.88 Å². The Balaban J connectivity index is 2.09. The highest BCUT2D eigenvalue weighted by molar-refractivity contribution is 9.10. The number of nitrogens with zero attached hydrogens (tertiary/aromatic N) is 1. The van der Waals surface area contributed by atoms with Gasteiger partial charge < -0.3 is 4.57 Å². The first-order valence-electron chi connectivity index (χ1n) is 6.44. The van der Waals surface area contributed by atoms with Crippen LogP contribution in [0, 0.1) is 6.92 Å². The first kappa shape index (κ1) is 14.3. The van der Waals surface area contributed by atoms with E-state index in [0.717, 1.165) is 21.2 Å². The third kappa shape index (κ3) is 2.39. The number of para-hydroxylation sites is 1. The fraction of sp³-hybridized carbons (Fsp3) is 0.133. The average molecular weight is 364 g/mol. The Bertz CT molecular complexity index is 822. The van der Waals surface area contributed by atoms with Crippen molar-refractivity contribution in [2.45, 2.75) is 13.5 Å². The highest BCUT2D eigenvalue weighted by atomic mass is 79.9. The molecule has 2 heterocycles. The van der Waals surface area contributed by atoms with E-state index in [9.17, 15) is 4.79 Å². The predicted molar refractivity (Wildman–Crippen MR) is 89.4 cm³/mol. The molecule has 0 aliphatic carbocycles. The van der Waals surface area contributed by atoms with Gasteiger partial charge in [-0.2, -0.15) is 0 Å². The number of halogens is 1. The Labute approximate surface area is 134 Å². The number of thiophene rings is 1. The molecule has 3 N–H and O–H groups in total. The van der Waals surface area contributed by atoms with Gasteiger partial charge in [-0.1, -0.05) is 18.2 Å². The number of amides is 1. The number of nitrogens with two attached hydrogens (primary N) is 1. The molecular formula is C15H14BrN3OS. The lowest BCUT2D eigenvalue weighted by Gasteiger charge is -2.09. The number of fused-ring (bicyclic) bond motifs is 1. The van der Waals surface area contributed by atoms with Crippen LogP contribution in [-0.4, -0.2) is 10.5 Å². The molecule has 0 fully saturated rings. The number of nitrogen functional groups attached to an aromatic ring is 1. The van der Waals surface area contributed by atoms with E-state index in [-0.39, 0.29) is 5.91 Å². The topological polar surface area (TPSA) is 60.0 Å². The van der Waals surface area contributed by atoms with Gasteiger partial charge in [0.1, 0.15) is 0 Å². The average Bonchev–Trinajstić information content (AvgIpc) is 3.06. The van der Waals surface area contributed by atoms with Crippen LogP contribution in [0.15, 0.2) is 40.2 Å². The summed E-state index contributed by atoms with van der Waals surface area (Å²) < 4.78 is 3.30. The summed E-state index contributed by atoms with van der Waals surface area (Å²) in [6.07, 6.45) is 0. The van der Waals surface area contributed by atoms with Crippen LogP contribution < -0.4 is 11.3 Å². The fourth-order valence-corrected chi connectivity index (χ4v) is 3.86. The summed E-state index contributed by atoms with van der Waals surface area (Å²) in [5.74, 6) is 5.00. The predicted octanol–water partition coefficient (Wildman–Crippen LogP) is 3.43. The molecule has 0 saturated carbocycles. The summed E-state index contributed by atoms with van der Waals surface area (Å²) in [5, 5.41) is 3.09. The van der Waals surface area contributed by atoms with Crippen molar-refractivity contribution >= 4 is 44.1 Å². The Morgan fingerprint density at radius 1 is 1.38 bits per heavy atom. The number of hydrazine groups is 1. The minimum Gasteiger partial charge on any atom is -0.339 e. The summed E-state index contributed by atoms with van der Waals surface area (Å²) in [5.41, 5.74) is 5.46. The Morgan fingerprint density at radius 3 is 2.90 bits per heavy atom. The number of nitrogens with one attached hydrogen (secondary N) is 1. The highest BCUT2D eigenvalue weighted by Crippen LogP contribution is 2.31. The summed E-state index contributed by atoms with van der Waals surface area (Å²) in [6.45, 7) is 2.71. The first-order valence-corrected chi connectivity index (χ1v) is 8.11. The monoisotopic (exact) mass is 363 g/mol. The number of benzene rings is 1. The van der Waals surface area contributed by atoms with E-state index in [2.05, 4.69) is 45.0 Å². The van der Waals surface area contributed by atoms with Crippen LogP contribution in [0.2, 0.25) is 0 Å². The molecule has 3 rings (SSSR count). The van der Waals surface area contributed by atoms with Gasteiger partial charge in [0.25, 0.3) is 5.91 Å². The maximum atomic E-state index is 11.8. The van der Waals surface area contributed by atoms with E-state index in [4.69, 9.17) is 5.84 Å². The van der Waals surface area contributed by atoms with Gasteiger partial charge in [-0.3, -0.25) is 10.2 Å². The SMILES string of the molecule is Cc1c(Br)c2ccccc2n1Cc1ccsc1C(=O)NN. The molecule has 0 radical (unpaired) electrons. The van der Waals surface area contributed by atoms with Crippen LogP contribution >= 0.6 is 27.3 Å². The van der Waals surface area contributed by atoms with E-state index >= 15 is 0 Å². The largest absolute Gasteiger partial charge is 0.339 e. The van der Waals surface area contributed by atoms with Crippen LogP contribution in [0.1, 0.15) is 20.9 Å². The van der Waals surface area contributed by atoms with E-state index in [1.54, 1.807) is 0 Å². The van der Waals surface area contributed by atoms with Crippen LogP contribution in [0.4, 0.5) is 0 Å². The number of aromatic nitrogens is 1. The van der Waals surface area contributed by atoms with Crippen molar-refractivity contribution in [3.8, 4) is 0 Å². The molecule has 0 bridgehead atoms. The lowest BCUT2D eigenvalue weighted by atomic mass is 10.2. The zero-order chi connectivity index (χ0) is 15.0. The van der Waals surface area contributed by atoms with Gasteiger partial charge in [-0.25, -0.2) is 5.84 Å². The summed E-state index contributed by atoms with van der Waals surface area (Å²) in [4.78, 5) is 12.5. The second-order valence-corrected chi connectivity index (χ2v) is 6.46. The number of hydrogen-bond donors (Lipinski definition) is 2. The van der Waals surface area contributed by atoms with E-state index in [0.29, 0.717) is 11.4 Å². The molecule has 0 unspecified atom stereocenters. The lowest BCUT2D eigenvalue weighted by molar-refractivity contribution is 0.0957. The van der Waals surface area contributed by atoms with Gasteiger partial charge in [-0.05, 0) is 45.9 Å². The van der Waals surface area contributed by atoms with Crippen molar-refractivity contribution < 1.29 is 4.79 Å². The Hall–Kier alpha value is -1.63. The van der Waals surface area contributed by atoms with Gasteiger partial charge >= 0.3 is 0 Å². The molecule has 1 aromatic carbocycles. The van der Waals surface area contributed by atoms with Crippen molar-refractivity contribution in [3.05, 3.63) is 56.3 Å². The minimum absolute atomic E-state index is 0.242. The van der Waals surface area contributed by atoms with Crippen LogP contribution in [-0.2, 0) is 6.54 Å². The normalized spacial score (nSPS) is 11.0. The van der Waals surface area contributed by atoms with Crippen molar-refractivity contribution in [1.82, 2.24) is 9.99 Å². The van der Waals surface area contributed by atoms with Gasteiger partial charge in [0.15, 0.2) is 0 Å². The third-order valence-electron chi connectivity index (χ3n) is 3.57. The summed E-state index contributed by atoms with van der Waals surface area (Å²) in [6, 6.07) is 10.2. The molecule has 0 aliphatic heterocycles. The molecule has 4 nitrogen and oxygen atoms in total. The zero-order valence-electron chi connectivity index (χ0n) is 11.4. The highest BCUT2D eigenvalue weighted by Gasteiger charge is 2.16. The first-order chi connectivity index (χ1) is 10.1. The molecule has 21 heavy (non-hydrogen) atoms. The van der Waals surface area contributed by atoms with Crippen LogP contribution in [0.5, 0.6) is 0 Å². The quantitative estimate of drug-likeness (QED) is 0.425. The third-order valence-corrected chi connectivity index (χ3v) is 5.52. The zero-order valence-corrected chi connectivity index (χ0v) is 13.8. The molecule has 1 amide bonds. The van der Waals surface area contributed by atoms with Crippen molar-refractivity contribution in [2.24, 2.45) is 5.84 Å². The second kappa shape index (κ2) is 5.63. The summed E-state index contributed by atoms with van der Waals surface area (Å²) in [7, 11) is 0. The maximum Gasteiger partial charge on any atom is 0.275 e.